The Bertz CT molecular complexity index is 512. The van der Waals surface area contributed by atoms with E-state index in [9.17, 15) is 9.59 Å². The van der Waals surface area contributed by atoms with E-state index >= 15 is 0 Å². The predicted molar refractivity (Wildman–Crippen MR) is 74.7 cm³/mol. The molecule has 0 aliphatic heterocycles. The maximum Gasteiger partial charge on any atom is 0.307 e. The molecule has 1 amide bonds. The number of carboxylic acids is 1. The third kappa shape index (κ3) is 3.10. The molecular weight excluding hydrogens is 258 g/mol. The van der Waals surface area contributed by atoms with Gasteiger partial charge in [-0.2, -0.15) is 0 Å². The Labute approximate surface area is 117 Å². The lowest BCUT2D eigenvalue weighted by Crippen LogP contribution is -2.41. The topological polar surface area (TPSA) is 75.6 Å². The van der Waals surface area contributed by atoms with Crippen LogP contribution < -0.4 is 10.1 Å². The van der Waals surface area contributed by atoms with Gasteiger partial charge in [-0.05, 0) is 38.8 Å². The highest BCUT2D eigenvalue weighted by atomic mass is 16.5. The fraction of sp³-hybridized carbons (Fsp3) is 0.467. The molecule has 1 fully saturated rings. The zero-order chi connectivity index (χ0) is 14.7. The van der Waals surface area contributed by atoms with E-state index in [4.69, 9.17) is 9.84 Å². The maximum atomic E-state index is 12.1. The minimum Gasteiger partial charge on any atom is -0.489 e. The van der Waals surface area contributed by atoms with Crippen LogP contribution >= 0.6 is 0 Å². The molecule has 2 N–H and O–H groups in total. The van der Waals surface area contributed by atoms with Gasteiger partial charge in [0, 0.05) is 0 Å². The first-order valence-electron chi connectivity index (χ1n) is 6.78. The Kier molecular flexibility index (Phi) is 4.27. The zero-order valence-electron chi connectivity index (χ0n) is 11.6. The van der Waals surface area contributed by atoms with Crippen LogP contribution in [0.15, 0.2) is 24.3 Å². The monoisotopic (exact) mass is 277 g/mol. The van der Waals surface area contributed by atoms with E-state index in [1.165, 1.54) is 0 Å². The van der Waals surface area contributed by atoms with E-state index in [0.717, 1.165) is 0 Å². The summed E-state index contributed by atoms with van der Waals surface area (Å²) in [4.78, 5) is 23.1. The minimum atomic E-state index is -0.900. The van der Waals surface area contributed by atoms with E-state index < -0.39 is 17.8 Å². The summed E-state index contributed by atoms with van der Waals surface area (Å²) < 4.78 is 5.62. The molecule has 0 radical (unpaired) electrons. The number of hydrogen-bond acceptors (Lipinski definition) is 3. The van der Waals surface area contributed by atoms with Crippen LogP contribution in [-0.4, -0.2) is 23.1 Å². The lowest BCUT2D eigenvalue weighted by Gasteiger charge is -2.32. The van der Waals surface area contributed by atoms with E-state index in [0.29, 0.717) is 24.3 Å². The Morgan fingerprint density at radius 2 is 1.90 bits per heavy atom. The molecule has 2 rings (SSSR count). The van der Waals surface area contributed by atoms with Crippen molar-refractivity contribution in [2.45, 2.75) is 32.8 Å². The molecule has 0 spiro atoms. The largest absolute Gasteiger partial charge is 0.489 e. The van der Waals surface area contributed by atoms with Gasteiger partial charge in [0.05, 0.1) is 23.6 Å². The molecule has 0 heterocycles. The van der Waals surface area contributed by atoms with Crippen LogP contribution in [0, 0.1) is 11.8 Å². The molecule has 5 nitrogen and oxygen atoms in total. The fourth-order valence-corrected chi connectivity index (χ4v) is 2.26. The first-order chi connectivity index (χ1) is 9.49. The van der Waals surface area contributed by atoms with Gasteiger partial charge >= 0.3 is 5.97 Å². The van der Waals surface area contributed by atoms with Gasteiger partial charge in [-0.3, -0.25) is 9.59 Å². The predicted octanol–water partition coefficient (Wildman–Crippen LogP) is 2.52. The Hall–Kier alpha value is -2.04. The number of nitrogens with one attached hydrogen (secondary N) is 1. The summed E-state index contributed by atoms with van der Waals surface area (Å²) in [5.41, 5.74) is 0.585. The number of carbonyl (C=O) groups is 2. The normalized spacial score (nSPS) is 21.1. The Morgan fingerprint density at radius 3 is 2.45 bits per heavy atom. The summed E-state index contributed by atoms with van der Waals surface area (Å²) in [6, 6.07) is 7.17. The molecule has 1 saturated carbocycles. The van der Waals surface area contributed by atoms with Gasteiger partial charge in [0.15, 0.2) is 0 Å². The van der Waals surface area contributed by atoms with Crippen LogP contribution in [0.5, 0.6) is 5.75 Å². The van der Waals surface area contributed by atoms with Crippen molar-refractivity contribution in [1.82, 2.24) is 0 Å². The van der Waals surface area contributed by atoms with Crippen molar-refractivity contribution >= 4 is 17.6 Å². The number of rotatable bonds is 5. The molecule has 20 heavy (non-hydrogen) atoms. The Morgan fingerprint density at radius 1 is 1.25 bits per heavy atom. The molecular formula is C15H19NO4. The van der Waals surface area contributed by atoms with Crippen molar-refractivity contribution in [3.63, 3.8) is 0 Å². The lowest BCUT2D eigenvalue weighted by molar-refractivity contribution is -0.151. The second-order valence-electron chi connectivity index (χ2n) is 5.28. The SMILES string of the molecule is CC(C)Oc1ccccc1NC(=O)C1CCC1C(=O)O. The van der Waals surface area contributed by atoms with Crippen LogP contribution in [0.2, 0.25) is 0 Å². The molecule has 1 aromatic carbocycles. The molecule has 5 heteroatoms. The van der Waals surface area contributed by atoms with Crippen molar-refractivity contribution in [2.75, 3.05) is 5.32 Å². The number of hydrogen-bond donors (Lipinski definition) is 2. The average Bonchev–Trinajstić information content (AvgIpc) is 2.28. The third-order valence-corrected chi connectivity index (χ3v) is 3.44. The van der Waals surface area contributed by atoms with Crippen LogP contribution in [0.25, 0.3) is 0 Å². The Balaban J connectivity index is 2.06. The van der Waals surface area contributed by atoms with Crippen molar-refractivity contribution in [1.29, 1.82) is 0 Å². The molecule has 2 unspecified atom stereocenters. The van der Waals surface area contributed by atoms with E-state index in [2.05, 4.69) is 5.32 Å². The highest BCUT2D eigenvalue weighted by Gasteiger charge is 2.41. The summed E-state index contributed by atoms with van der Waals surface area (Å²) in [6.45, 7) is 3.82. The summed E-state index contributed by atoms with van der Waals surface area (Å²) in [7, 11) is 0. The van der Waals surface area contributed by atoms with E-state index in [-0.39, 0.29) is 12.0 Å². The lowest BCUT2D eigenvalue weighted by atomic mass is 9.73. The highest BCUT2D eigenvalue weighted by molar-refractivity contribution is 5.97. The molecule has 0 bridgehead atoms. The quantitative estimate of drug-likeness (QED) is 0.867. The van der Waals surface area contributed by atoms with E-state index in [1.54, 1.807) is 18.2 Å². The van der Waals surface area contributed by atoms with Crippen LogP contribution in [-0.2, 0) is 9.59 Å². The van der Waals surface area contributed by atoms with Crippen molar-refractivity contribution in [3.8, 4) is 5.75 Å². The summed E-state index contributed by atoms with van der Waals surface area (Å²) in [5.74, 6) is -1.55. The average molecular weight is 277 g/mol. The van der Waals surface area contributed by atoms with Crippen molar-refractivity contribution in [3.05, 3.63) is 24.3 Å². The number of ether oxygens (including phenoxy) is 1. The summed E-state index contributed by atoms with van der Waals surface area (Å²) >= 11 is 0. The molecule has 0 saturated heterocycles. The van der Waals surface area contributed by atoms with Crippen molar-refractivity contribution in [2.24, 2.45) is 11.8 Å². The van der Waals surface area contributed by atoms with Gasteiger partial charge < -0.3 is 15.2 Å². The van der Waals surface area contributed by atoms with Crippen LogP contribution in [0.1, 0.15) is 26.7 Å². The van der Waals surface area contributed by atoms with Gasteiger partial charge in [-0.15, -0.1) is 0 Å². The fourth-order valence-electron chi connectivity index (χ4n) is 2.26. The summed E-state index contributed by atoms with van der Waals surface area (Å²) in [6.07, 6.45) is 1.19. The number of aliphatic carboxylic acids is 1. The molecule has 1 aliphatic rings. The van der Waals surface area contributed by atoms with Crippen molar-refractivity contribution < 1.29 is 19.4 Å². The molecule has 1 aromatic rings. The van der Waals surface area contributed by atoms with Gasteiger partial charge in [0.25, 0.3) is 0 Å². The zero-order valence-corrected chi connectivity index (χ0v) is 11.6. The smallest absolute Gasteiger partial charge is 0.307 e. The van der Waals surface area contributed by atoms with Crippen LogP contribution in [0.4, 0.5) is 5.69 Å². The standard InChI is InChI=1S/C15H19NO4/c1-9(2)20-13-6-4-3-5-12(13)16-14(17)10-7-8-11(10)15(18)19/h3-6,9-11H,7-8H2,1-2H3,(H,16,17)(H,18,19). The second-order valence-corrected chi connectivity index (χ2v) is 5.28. The number of amides is 1. The molecule has 0 aromatic heterocycles. The second kappa shape index (κ2) is 5.94. The van der Waals surface area contributed by atoms with Gasteiger partial charge in [-0.25, -0.2) is 0 Å². The van der Waals surface area contributed by atoms with Gasteiger partial charge in [-0.1, -0.05) is 12.1 Å². The first-order valence-corrected chi connectivity index (χ1v) is 6.78. The van der Waals surface area contributed by atoms with E-state index in [1.807, 2.05) is 19.9 Å². The maximum absolute atomic E-state index is 12.1. The third-order valence-electron chi connectivity index (χ3n) is 3.44. The molecule has 2 atom stereocenters. The molecule has 1 aliphatic carbocycles. The van der Waals surface area contributed by atoms with Gasteiger partial charge in [0.1, 0.15) is 5.75 Å². The minimum absolute atomic E-state index is 0.00326. The number of carbonyl (C=O) groups excluding carboxylic acids is 1. The molecule has 108 valence electrons. The highest BCUT2D eigenvalue weighted by Crippen LogP contribution is 2.36. The van der Waals surface area contributed by atoms with Crippen LogP contribution in [0.3, 0.4) is 0 Å². The number of benzene rings is 1. The first kappa shape index (κ1) is 14.4. The number of carboxylic acid groups (broad SMARTS) is 1. The number of anilines is 1. The number of para-hydroxylation sites is 2. The summed E-state index contributed by atoms with van der Waals surface area (Å²) in [5, 5.41) is 11.8. The van der Waals surface area contributed by atoms with Gasteiger partial charge in [0.2, 0.25) is 5.91 Å².